The maximum absolute atomic E-state index is 11.4. The van der Waals surface area contributed by atoms with Gasteiger partial charge in [0.05, 0.1) is 24.2 Å². The van der Waals surface area contributed by atoms with E-state index in [1.165, 1.54) is 19.2 Å². The Labute approximate surface area is 115 Å². The summed E-state index contributed by atoms with van der Waals surface area (Å²) in [5.41, 5.74) is -0.163. The van der Waals surface area contributed by atoms with Crippen LogP contribution >= 0.6 is 0 Å². The van der Waals surface area contributed by atoms with Crippen LogP contribution in [-0.4, -0.2) is 41.7 Å². The average Bonchev–Trinajstić information content (AvgIpc) is 2.83. The van der Waals surface area contributed by atoms with E-state index in [4.69, 9.17) is 4.74 Å². The molecule has 0 radical (unpaired) electrons. The number of methoxy groups -OCH3 is 1. The fourth-order valence-electron chi connectivity index (χ4n) is 2.02. The highest BCUT2D eigenvalue weighted by Gasteiger charge is 2.28. The van der Waals surface area contributed by atoms with Crippen LogP contribution in [0.2, 0.25) is 0 Å². The van der Waals surface area contributed by atoms with E-state index >= 15 is 0 Å². The first kappa shape index (κ1) is 14.2. The number of aromatic nitrogens is 1. The molecule has 0 saturated carbocycles. The van der Waals surface area contributed by atoms with Crippen LogP contribution in [0.15, 0.2) is 12.1 Å². The number of carbonyl (C=O) groups excluding carboxylic acids is 1. The summed E-state index contributed by atoms with van der Waals surface area (Å²) in [6.45, 7) is 2.46. The zero-order chi connectivity index (χ0) is 14.7. The van der Waals surface area contributed by atoms with Crippen LogP contribution in [0.1, 0.15) is 23.8 Å². The number of hydrogen-bond acceptors (Lipinski definition) is 7. The van der Waals surface area contributed by atoms with Crippen LogP contribution < -0.4 is 5.32 Å². The number of pyridine rings is 1. The first-order chi connectivity index (χ1) is 9.52. The number of rotatable bonds is 4. The van der Waals surface area contributed by atoms with Gasteiger partial charge in [-0.3, -0.25) is 10.1 Å². The highest BCUT2D eigenvalue weighted by molar-refractivity contribution is 5.88. The maximum Gasteiger partial charge on any atom is 0.356 e. The molecule has 2 heterocycles. The number of esters is 1. The van der Waals surface area contributed by atoms with Crippen molar-refractivity contribution in [1.29, 1.82) is 0 Å². The van der Waals surface area contributed by atoms with Gasteiger partial charge in [-0.1, -0.05) is 0 Å². The van der Waals surface area contributed by atoms with E-state index in [0.717, 1.165) is 6.42 Å². The lowest BCUT2D eigenvalue weighted by atomic mass is 10.1. The van der Waals surface area contributed by atoms with Crippen LogP contribution in [0.4, 0.5) is 11.5 Å². The van der Waals surface area contributed by atoms with E-state index in [1.807, 2.05) is 6.92 Å². The van der Waals surface area contributed by atoms with Gasteiger partial charge in [0.1, 0.15) is 0 Å². The van der Waals surface area contributed by atoms with E-state index in [2.05, 4.69) is 15.0 Å². The van der Waals surface area contributed by atoms with Crippen LogP contribution in [0, 0.1) is 10.1 Å². The third-order valence-electron chi connectivity index (χ3n) is 3.16. The van der Waals surface area contributed by atoms with E-state index in [9.17, 15) is 14.9 Å². The molecule has 2 rings (SSSR count). The first-order valence-corrected chi connectivity index (χ1v) is 6.15. The Bertz CT molecular complexity index is 534. The number of ether oxygens (including phenoxy) is 2. The molecule has 1 aromatic heterocycles. The summed E-state index contributed by atoms with van der Waals surface area (Å²) in [6, 6.07) is 2.43. The van der Waals surface area contributed by atoms with Gasteiger partial charge in [0.2, 0.25) is 5.82 Å². The molecule has 1 N–H and O–H groups in total. The second-order valence-corrected chi connectivity index (χ2v) is 4.43. The van der Waals surface area contributed by atoms with Crippen molar-refractivity contribution >= 4 is 17.5 Å². The lowest BCUT2D eigenvalue weighted by molar-refractivity contribution is -0.384. The van der Waals surface area contributed by atoms with Crippen molar-refractivity contribution in [1.82, 2.24) is 4.98 Å². The number of nitro groups is 1. The summed E-state index contributed by atoms with van der Waals surface area (Å²) in [5.74, 6) is -0.584. The van der Waals surface area contributed by atoms with Gasteiger partial charge in [0.25, 0.3) is 0 Å². The second-order valence-electron chi connectivity index (χ2n) is 4.43. The van der Waals surface area contributed by atoms with Gasteiger partial charge in [0.15, 0.2) is 5.69 Å². The van der Waals surface area contributed by atoms with Gasteiger partial charge in [0, 0.05) is 12.7 Å². The quantitative estimate of drug-likeness (QED) is 0.505. The van der Waals surface area contributed by atoms with Gasteiger partial charge in [-0.25, -0.2) is 9.78 Å². The summed E-state index contributed by atoms with van der Waals surface area (Å²) >= 11 is 0. The zero-order valence-electron chi connectivity index (χ0n) is 11.2. The number of nitrogens with one attached hydrogen (secondary N) is 1. The number of carbonyl (C=O) groups is 1. The Balaban J connectivity index is 2.31. The SMILES string of the molecule is COC(=O)c1ccc([N+](=O)[O-])c(NC2CCOC2C)n1. The molecule has 0 aromatic carbocycles. The monoisotopic (exact) mass is 281 g/mol. The summed E-state index contributed by atoms with van der Waals surface area (Å²) in [6.07, 6.45) is 0.654. The van der Waals surface area contributed by atoms with Gasteiger partial charge in [-0.05, 0) is 19.4 Å². The largest absolute Gasteiger partial charge is 0.464 e. The smallest absolute Gasteiger partial charge is 0.356 e. The molecule has 1 aliphatic heterocycles. The Hall–Kier alpha value is -2.22. The van der Waals surface area contributed by atoms with Gasteiger partial charge in [-0.15, -0.1) is 0 Å². The normalized spacial score (nSPS) is 21.5. The Morgan fingerprint density at radius 1 is 1.60 bits per heavy atom. The summed E-state index contributed by atoms with van der Waals surface area (Å²) in [4.78, 5) is 25.9. The fourth-order valence-corrected chi connectivity index (χ4v) is 2.02. The minimum absolute atomic E-state index is 0.0205. The molecule has 0 amide bonds. The number of anilines is 1. The summed E-state index contributed by atoms with van der Waals surface area (Å²) < 4.78 is 9.94. The molecule has 1 saturated heterocycles. The number of nitrogens with zero attached hydrogens (tertiary/aromatic N) is 2. The predicted molar refractivity (Wildman–Crippen MR) is 69.7 cm³/mol. The number of hydrogen-bond donors (Lipinski definition) is 1. The Morgan fingerprint density at radius 3 is 2.90 bits per heavy atom. The van der Waals surface area contributed by atoms with Crippen molar-refractivity contribution in [2.45, 2.75) is 25.5 Å². The molecule has 2 atom stereocenters. The second kappa shape index (κ2) is 5.83. The van der Waals surface area contributed by atoms with Crippen molar-refractivity contribution in [3.8, 4) is 0 Å². The minimum Gasteiger partial charge on any atom is -0.464 e. The highest BCUT2D eigenvalue weighted by atomic mass is 16.6. The van der Waals surface area contributed by atoms with Crippen molar-refractivity contribution in [2.24, 2.45) is 0 Å². The minimum atomic E-state index is -0.640. The van der Waals surface area contributed by atoms with E-state index in [1.54, 1.807) is 0 Å². The van der Waals surface area contributed by atoms with Gasteiger partial charge < -0.3 is 14.8 Å². The summed E-state index contributed by atoms with van der Waals surface area (Å²) in [7, 11) is 1.23. The van der Waals surface area contributed by atoms with Crippen LogP contribution in [0.25, 0.3) is 0 Å². The molecule has 0 aliphatic carbocycles. The lowest BCUT2D eigenvalue weighted by Crippen LogP contribution is -2.27. The van der Waals surface area contributed by atoms with Gasteiger partial charge in [-0.2, -0.15) is 0 Å². The highest BCUT2D eigenvalue weighted by Crippen LogP contribution is 2.26. The van der Waals surface area contributed by atoms with Crippen molar-refractivity contribution in [3.05, 3.63) is 27.9 Å². The van der Waals surface area contributed by atoms with Crippen molar-refractivity contribution in [2.75, 3.05) is 19.0 Å². The standard InChI is InChI=1S/C12H15N3O5/c1-7-8(5-6-20-7)13-11-10(15(17)18)4-3-9(14-11)12(16)19-2/h3-4,7-8H,5-6H2,1-2H3,(H,13,14). The molecule has 1 aromatic rings. The molecule has 20 heavy (non-hydrogen) atoms. The predicted octanol–water partition coefficient (Wildman–Crippen LogP) is 1.37. The molecule has 2 unspecified atom stereocenters. The molecule has 108 valence electrons. The maximum atomic E-state index is 11.4. The van der Waals surface area contributed by atoms with Crippen LogP contribution in [0.3, 0.4) is 0 Å². The van der Waals surface area contributed by atoms with E-state index in [-0.39, 0.29) is 29.3 Å². The third-order valence-corrected chi connectivity index (χ3v) is 3.16. The van der Waals surface area contributed by atoms with Crippen molar-refractivity contribution in [3.63, 3.8) is 0 Å². The van der Waals surface area contributed by atoms with E-state index in [0.29, 0.717) is 6.61 Å². The Kier molecular flexibility index (Phi) is 4.14. The van der Waals surface area contributed by atoms with E-state index < -0.39 is 10.9 Å². The van der Waals surface area contributed by atoms with Crippen molar-refractivity contribution < 1.29 is 19.2 Å². The molecule has 1 fully saturated rings. The molecular weight excluding hydrogens is 266 g/mol. The molecular formula is C12H15N3O5. The molecule has 0 bridgehead atoms. The average molecular weight is 281 g/mol. The molecule has 0 spiro atoms. The molecule has 8 heteroatoms. The zero-order valence-corrected chi connectivity index (χ0v) is 11.2. The third kappa shape index (κ3) is 2.85. The van der Waals surface area contributed by atoms with Crippen LogP contribution in [0.5, 0.6) is 0 Å². The lowest BCUT2D eigenvalue weighted by Gasteiger charge is -2.16. The van der Waals surface area contributed by atoms with Gasteiger partial charge >= 0.3 is 11.7 Å². The summed E-state index contributed by atoms with van der Waals surface area (Å²) in [5, 5.41) is 14.0. The first-order valence-electron chi connectivity index (χ1n) is 6.15. The van der Waals surface area contributed by atoms with Crippen LogP contribution in [-0.2, 0) is 9.47 Å². The topological polar surface area (TPSA) is 104 Å². The Morgan fingerprint density at radius 2 is 2.35 bits per heavy atom. The molecule has 1 aliphatic rings. The fraction of sp³-hybridized carbons (Fsp3) is 0.500. The molecule has 8 nitrogen and oxygen atoms in total.